The highest BCUT2D eigenvalue weighted by atomic mass is 32.1. The van der Waals surface area contributed by atoms with Gasteiger partial charge in [0.25, 0.3) is 0 Å². The number of carboxylic acid groups (broad SMARTS) is 1. The van der Waals surface area contributed by atoms with Crippen molar-refractivity contribution in [3.8, 4) is 29.0 Å². The summed E-state index contributed by atoms with van der Waals surface area (Å²) in [5.41, 5.74) is 2.07. The highest BCUT2D eigenvalue weighted by Crippen LogP contribution is 2.30. The summed E-state index contributed by atoms with van der Waals surface area (Å²) in [5.74, 6) is 3.52. The van der Waals surface area contributed by atoms with E-state index in [4.69, 9.17) is 9.47 Å². The van der Waals surface area contributed by atoms with E-state index in [1.165, 1.54) is 24.3 Å². The average Bonchev–Trinajstić information content (AvgIpc) is 3.73. The number of ether oxygens (including phenoxy) is 2. The molecule has 0 radical (unpaired) electrons. The van der Waals surface area contributed by atoms with Crippen LogP contribution in [0.25, 0.3) is 22.3 Å². The molecule has 0 aliphatic carbocycles. The highest BCUT2D eigenvalue weighted by Gasteiger charge is 2.24. The van der Waals surface area contributed by atoms with E-state index in [2.05, 4.69) is 26.9 Å². The van der Waals surface area contributed by atoms with Gasteiger partial charge in [-0.2, -0.15) is 5.10 Å². The number of hydrogen-bond acceptors (Lipinski definition) is 7. The number of benzene rings is 2. The number of carboxylic acids is 1. The van der Waals surface area contributed by atoms with Crippen LogP contribution in [0.5, 0.6) is 5.88 Å². The molecule has 0 amide bonds. The first-order chi connectivity index (χ1) is 23.2. The fourth-order valence-corrected chi connectivity index (χ4v) is 6.14. The Morgan fingerprint density at radius 2 is 1.94 bits per heavy atom. The monoisotopic (exact) mass is 669 g/mol. The van der Waals surface area contributed by atoms with Crippen LogP contribution < -0.4 is 4.74 Å². The van der Waals surface area contributed by atoms with Gasteiger partial charge >= 0.3 is 5.97 Å². The number of rotatable bonds is 9. The van der Waals surface area contributed by atoms with Gasteiger partial charge in [-0.15, -0.1) is 11.3 Å². The summed E-state index contributed by atoms with van der Waals surface area (Å²) < 4.78 is 60.5. The van der Waals surface area contributed by atoms with Crippen LogP contribution >= 0.6 is 11.3 Å². The third kappa shape index (κ3) is 6.53. The third-order valence-corrected chi connectivity index (χ3v) is 8.88. The van der Waals surface area contributed by atoms with E-state index < -0.39 is 23.4 Å². The SMILES string of the molecule is Cn1cc(C#Cc2cc(F)c(COc3cccc(-c4cc(F)c(Cc5nc6ccc(C(=O)O)cc6n5C[C@@H]5CCO5)cc4F)n3)s2)cn1. The summed E-state index contributed by atoms with van der Waals surface area (Å²) in [5, 5.41) is 13.5. The second-order valence-electron chi connectivity index (χ2n) is 11.2. The van der Waals surface area contributed by atoms with Crippen LogP contribution in [0.2, 0.25) is 0 Å². The van der Waals surface area contributed by atoms with Crippen LogP contribution in [-0.2, 0) is 31.4 Å². The van der Waals surface area contributed by atoms with Crippen LogP contribution in [0, 0.1) is 29.3 Å². The number of hydrogen-bond donors (Lipinski definition) is 1. The Morgan fingerprint density at radius 3 is 2.69 bits per heavy atom. The second kappa shape index (κ2) is 13.0. The Kier molecular flexibility index (Phi) is 8.43. The van der Waals surface area contributed by atoms with Crippen LogP contribution in [-0.4, -0.2) is 48.1 Å². The summed E-state index contributed by atoms with van der Waals surface area (Å²) in [6, 6.07) is 12.8. The largest absolute Gasteiger partial charge is 0.478 e. The average molecular weight is 670 g/mol. The molecule has 1 fully saturated rings. The molecule has 1 aliphatic rings. The molecule has 5 heterocycles. The van der Waals surface area contributed by atoms with Crippen molar-refractivity contribution in [2.24, 2.45) is 7.05 Å². The smallest absolute Gasteiger partial charge is 0.335 e. The van der Waals surface area contributed by atoms with Crippen molar-refractivity contribution < 1.29 is 32.5 Å². The van der Waals surface area contributed by atoms with E-state index in [1.807, 2.05) is 4.57 Å². The molecule has 1 saturated heterocycles. The Bertz CT molecular complexity index is 2250. The minimum Gasteiger partial charge on any atom is -0.478 e. The van der Waals surface area contributed by atoms with Crippen LogP contribution in [0.1, 0.15) is 43.5 Å². The zero-order valence-corrected chi connectivity index (χ0v) is 26.2. The van der Waals surface area contributed by atoms with Gasteiger partial charge in [-0.3, -0.25) is 4.68 Å². The molecule has 0 bridgehead atoms. The first-order valence-corrected chi connectivity index (χ1v) is 15.7. The van der Waals surface area contributed by atoms with Crippen molar-refractivity contribution in [1.29, 1.82) is 0 Å². The number of aryl methyl sites for hydroxylation is 1. The number of carbonyl (C=O) groups is 1. The standard InChI is InChI=1S/C35H26F3N5O4S/c1-42-17-20(16-39-42)5-7-24-14-28(38)32(48-24)19-47-34-4-2-3-29(41-34)25-15-26(36)22(11-27(25)37)13-33-40-30-8-6-21(35(44)45)12-31(30)43(33)18-23-9-10-46-23/h2-4,6,8,11-12,14-17,23H,9-10,13,18-19H2,1H3,(H,44,45)/t23-/m0/s1. The Hall–Kier alpha value is -5.45. The lowest BCUT2D eigenvalue weighted by molar-refractivity contribution is -0.0589. The fourth-order valence-electron chi connectivity index (χ4n) is 5.34. The Balaban J connectivity index is 1.09. The van der Waals surface area contributed by atoms with Crippen molar-refractivity contribution in [3.63, 3.8) is 0 Å². The minimum atomic E-state index is -1.08. The summed E-state index contributed by atoms with van der Waals surface area (Å²) in [4.78, 5) is 21.4. The molecule has 9 nitrogen and oxygen atoms in total. The molecule has 48 heavy (non-hydrogen) atoms. The molecule has 1 atom stereocenters. The predicted octanol–water partition coefficient (Wildman–Crippen LogP) is 6.37. The molecule has 242 valence electrons. The lowest BCUT2D eigenvalue weighted by Crippen LogP contribution is -2.31. The van der Waals surface area contributed by atoms with Gasteiger partial charge in [0.05, 0.1) is 56.5 Å². The number of halogens is 3. The van der Waals surface area contributed by atoms with Crippen LogP contribution in [0.3, 0.4) is 0 Å². The molecule has 0 saturated carbocycles. The van der Waals surface area contributed by atoms with Crippen molar-refractivity contribution in [2.45, 2.75) is 32.1 Å². The van der Waals surface area contributed by atoms with Gasteiger partial charge in [-0.25, -0.2) is 27.9 Å². The number of nitrogens with zero attached hydrogens (tertiary/aromatic N) is 5. The maximum Gasteiger partial charge on any atom is 0.335 e. The molecule has 4 aromatic heterocycles. The van der Waals surface area contributed by atoms with Crippen molar-refractivity contribution in [3.05, 3.63) is 117 Å². The molecule has 1 aliphatic heterocycles. The van der Waals surface area contributed by atoms with E-state index in [0.717, 1.165) is 29.9 Å². The number of thiophene rings is 1. The summed E-state index contributed by atoms with van der Waals surface area (Å²) >= 11 is 1.15. The second-order valence-corrected chi connectivity index (χ2v) is 12.3. The van der Waals surface area contributed by atoms with Gasteiger partial charge in [0.2, 0.25) is 5.88 Å². The summed E-state index contributed by atoms with van der Waals surface area (Å²) in [6.45, 7) is 0.907. The maximum atomic E-state index is 15.6. The zero-order valence-electron chi connectivity index (χ0n) is 25.4. The number of aromatic nitrogens is 5. The quantitative estimate of drug-likeness (QED) is 0.179. The normalized spacial score (nSPS) is 14.0. The van der Waals surface area contributed by atoms with Crippen LogP contribution in [0.4, 0.5) is 13.2 Å². The van der Waals surface area contributed by atoms with Gasteiger partial charge in [-0.1, -0.05) is 17.9 Å². The Labute approximate surface area is 276 Å². The number of aromatic carboxylic acids is 1. The van der Waals surface area contributed by atoms with Gasteiger partial charge < -0.3 is 19.1 Å². The minimum absolute atomic E-state index is 0.0373. The van der Waals surface area contributed by atoms with E-state index in [9.17, 15) is 14.3 Å². The first-order valence-electron chi connectivity index (χ1n) is 14.9. The van der Waals surface area contributed by atoms with E-state index in [-0.39, 0.29) is 47.4 Å². The first kappa shape index (κ1) is 31.2. The van der Waals surface area contributed by atoms with Crippen molar-refractivity contribution >= 4 is 28.3 Å². The van der Waals surface area contributed by atoms with Gasteiger partial charge in [-0.05, 0) is 48.4 Å². The third-order valence-electron chi connectivity index (χ3n) is 7.88. The molecule has 1 N–H and O–H groups in total. The predicted molar refractivity (Wildman–Crippen MR) is 171 cm³/mol. The van der Waals surface area contributed by atoms with E-state index in [1.54, 1.807) is 42.3 Å². The summed E-state index contributed by atoms with van der Waals surface area (Å²) in [7, 11) is 1.78. The molecule has 7 rings (SSSR count). The molecule has 6 aromatic rings. The zero-order chi connectivity index (χ0) is 33.4. The van der Waals surface area contributed by atoms with Gasteiger partial charge in [0.15, 0.2) is 0 Å². The number of pyridine rings is 1. The molecular formula is C35H26F3N5O4S. The number of fused-ring (bicyclic) bond motifs is 1. The van der Waals surface area contributed by atoms with Crippen molar-refractivity contribution in [2.75, 3.05) is 6.61 Å². The number of imidazole rings is 1. The molecule has 0 spiro atoms. The molecule has 13 heteroatoms. The van der Waals surface area contributed by atoms with Crippen molar-refractivity contribution in [1.82, 2.24) is 24.3 Å². The molecular weight excluding hydrogens is 643 g/mol. The summed E-state index contributed by atoms with van der Waals surface area (Å²) in [6.07, 6.45) is 4.08. The lowest BCUT2D eigenvalue weighted by Gasteiger charge is -2.27. The molecule has 0 unspecified atom stereocenters. The molecule has 2 aromatic carbocycles. The fraction of sp³-hybridized carbons (Fsp3) is 0.200. The van der Waals surface area contributed by atoms with Gasteiger partial charge in [0.1, 0.15) is 29.9 Å². The van der Waals surface area contributed by atoms with E-state index >= 15 is 8.78 Å². The Morgan fingerprint density at radius 1 is 1.08 bits per heavy atom. The maximum absolute atomic E-state index is 15.6. The highest BCUT2D eigenvalue weighted by molar-refractivity contribution is 7.12. The van der Waals surface area contributed by atoms with E-state index in [0.29, 0.717) is 45.3 Å². The van der Waals surface area contributed by atoms with Crippen LogP contribution in [0.15, 0.2) is 67.0 Å². The topological polar surface area (TPSA) is 104 Å². The van der Waals surface area contributed by atoms with Gasteiger partial charge in [0, 0.05) is 44.0 Å². The lowest BCUT2D eigenvalue weighted by atomic mass is 10.0.